The summed E-state index contributed by atoms with van der Waals surface area (Å²) in [4.78, 5) is 16.2. The molecule has 1 aliphatic rings. The summed E-state index contributed by atoms with van der Waals surface area (Å²) in [6.45, 7) is 1.63. The van der Waals surface area contributed by atoms with Crippen molar-refractivity contribution in [3.05, 3.63) is 70.7 Å². The first-order chi connectivity index (χ1) is 13.9. The van der Waals surface area contributed by atoms with Crippen LogP contribution in [0.2, 0.25) is 0 Å². The SMILES string of the molecule is C[C@@H]1Oc2ccc(S(=O)(=O)N[C@H](Cc3ccsc3)c3ccccn3)cc2NC1=O. The molecule has 0 unspecified atom stereocenters. The van der Waals surface area contributed by atoms with Crippen LogP contribution in [-0.4, -0.2) is 25.4 Å². The summed E-state index contributed by atoms with van der Waals surface area (Å²) in [5.74, 6) is 0.124. The van der Waals surface area contributed by atoms with Crippen LogP contribution >= 0.6 is 11.3 Å². The number of rotatable bonds is 6. The van der Waals surface area contributed by atoms with Crippen molar-refractivity contribution in [3.8, 4) is 5.75 Å². The number of amides is 1. The van der Waals surface area contributed by atoms with Crippen LogP contribution in [0.15, 0.2) is 64.3 Å². The normalized spacial score (nSPS) is 17.1. The second kappa shape index (κ2) is 7.94. The van der Waals surface area contributed by atoms with Gasteiger partial charge in [0.05, 0.1) is 22.3 Å². The summed E-state index contributed by atoms with van der Waals surface area (Å²) in [5, 5.41) is 6.61. The highest BCUT2D eigenvalue weighted by Crippen LogP contribution is 2.32. The standard InChI is InChI=1S/C20H19N3O4S2/c1-13-20(24)22-18-11-15(5-6-19(18)27-13)29(25,26)23-17(10-14-7-9-28-12-14)16-4-2-3-8-21-16/h2-9,11-13,17,23H,10H2,1H3,(H,22,24)/t13-,17+/m0/s1. The average Bonchev–Trinajstić information content (AvgIpc) is 3.22. The van der Waals surface area contributed by atoms with Gasteiger partial charge in [-0.05, 0) is 66.1 Å². The fourth-order valence-corrected chi connectivity index (χ4v) is 4.96. The van der Waals surface area contributed by atoms with Gasteiger partial charge in [-0.25, -0.2) is 13.1 Å². The van der Waals surface area contributed by atoms with Crippen LogP contribution in [0.1, 0.15) is 24.2 Å². The highest BCUT2D eigenvalue weighted by molar-refractivity contribution is 7.89. The first-order valence-corrected chi connectivity index (χ1v) is 11.4. The molecule has 1 aliphatic heterocycles. The second-order valence-electron chi connectivity index (χ2n) is 6.67. The van der Waals surface area contributed by atoms with Crippen molar-refractivity contribution < 1.29 is 17.9 Å². The predicted octanol–water partition coefficient (Wildman–Crippen LogP) is 3.12. The van der Waals surface area contributed by atoms with E-state index in [-0.39, 0.29) is 10.8 Å². The molecule has 3 aromatic rings. The van der Waals surface area contributed by atoms with Crippen LogP contribution in [0.25, 0.3) is 0 Å². The zero-order valence-corrected chi connectivity index (χ0v) is 17.2. The molecule has 29 heavy (non-hydrogen) atoms. The van der Waals surface area contributed by atoms with Gasteiger partial charge >= 0.3 is 0 Å². The minimum Gasteiger partial charge on any atom is -0.479 e. The molecule has 2 atom stereocenters. The lowest BCUT2D eigenvalue weighted by Crippen LogP contribution is -2.35. The average molecular weight is 430 g/mol. The molecule has 1 aromatic carbocycles. The quantitative estimate of drug-likeness (QED) is 0.627. The van der Waals surface area contributed by atoms with E-state index >= 15 is 0 Å². The van der Waals surface area contributed by atoms with Crippen molar-refractivity contribution >= 4 is 33.0 Å². The fourth-order valence-electron chi connectivity index (χ4n) is 3.04. The molecule has 9 heteroatoms. The summed E-state index contributed by atoms with van der Waals surface area (Å²) >= 11 is 1.56. The van der Waals surface area contributed by atoms with E-state index in [1.54, 1.807) is 42.7 Å². The van der Waals surface area contributed by atoms with Crippen LogP contribution in [0.3, 0.4) is 0 Å². The number of benzene rings is 1. The number of fused-ring (bicyclic) bond motifs is 1. The van der Waals surface area contributed by atoms with Crippen molar-refractivity contribution in [1.82, 2.24) is 9.71 Å². The number of thiophene rings is 1. The van der Waals surface area contributed by atoms with E-state index in [4.69, 9.17) is 4.74 Å². The van der Waals surface area contributed by atoms with Crippen LogP contribution in [0.5, 0.6) is 5.75 Å². The van der Waals surface area contributed by atoms with Gasteiger partial charge in [0.25, 0.3) is 5.91 Å². The maximum absolute atomic E-state index is 13.1. The first-order valence-electron chi connectivity index (χ1n) is 8.98. The van der Waals surface area contributed by atoms with E-state index in [9.17, 15) is 13.2 Å². The third-order valence-corrected chi connectivity index (χ3v) is 6.76. The van der Waals surface area contributed by atoms with E-state index in [1.165, 1.54) is 12.1 Å². The number of nitrogens with one attached hydrogen (secondary N) is 2. The summed E-state index contributed by atoms with van der Waals surface area (Å²) in [6, 6.07) is 11.2. The molecule has 0 bridgehead atoms. The molecule has 3 heterocycles. The summed E-state index contributed by atoms with van der Waals surface area (Å²) < 4.78 is 34.4. The third kappa shape index (κ3) is 4.31. The number of anilines is 1. The minimum absolute atomic E-state index is 0.0425. The number of hydrogen-bond acceptors (Lipinski definition) is 6. The van der Waals surface area contributed by atoms with Gasteiger partial charge in [-0.15, -0.1) is 0 Å². The lowest BCUT2D eigenvalue weighted by Gasteiger charge is -2.24. The Morgan fingerprint density at radius 3 is 2.86 bits per heavy atom. The van der Waals surface area contributed by atoms with Crippen LogP contribution in [0.4, 0.5) is 5.69 Å². The molecule has 1 amide bonds. The Balaban J connectivity index is 1.63. The number of nitrogens with zero attached hydrogens (tertiary/aromatic N) is 1. The number of pyridine rings is 1. The molecular formula is C20H19N3O4S2. The van der Waals surface area contributed by atoms with Crippen molar-refractivity contribution in [2.75, 3.05) is 5.32 Å². The second-order valence-corrected chi connectivity index (χ2v) is 9.17. The smallest absolute Gasteiger partial charge is 0.265 e. The number of hydrogen-bond donors (Lipinski definition) is 2. The molecule has 150 valence electrons. The van der Waals surface area contributed by atoms with Crippen molar-refractivity contribution in [3.63, 3.8) is 0 Å². The number of carbonyl (C=O) groups excluding carboxylic acids is 1. The van der Waals surface area contributed by atoms with Crippen molar-refractivity contribution in [1.29, 1.82) is 0 Å². The Hall–Kier alpha value is -2.75. The molecule has 0 radical (unpaired) electrons. The van der Waals surface area contributed by atoms with E-state index in [0.717, 1.165) is 5.56 Å². The maximum Gasteiger partial charge on any atom is 0.265 e. The van der Waals surface area contributed by atoms with Gasteiger partial charge in [0.2, 0.25) is 10.0 Å². The Kier molecular flexibility index (Phi) is 5.35. The van der Waals surface area contributed by atoms with Gasteiger partial charge in [0, 0.05) is 6.20 Å². The van der Waals surface area contributed by atoms with Crippen LogP contribution in [-0.2, 0) is 21.2 Å². The van der Waals surface area contributed by atoms with Gasteiger partial charge < -0.3 is 10.1 Å². The highest BCUT2D eigenvalue weighted by Gasteiger charge is 2.27. The molecule has 2 aromatic heterocycles. The zero-order chi connectivity index (χ0) is 20.4. The Labute approximate surface area is 172 Å². The summed E-state index contributed by atoms with van der Waals surface area (Å²) in [6.07, 6.45) is 1.49. The molecule has 0 saturated carbocycles. The number of carbonyl (C=O) groups is 1. The highest BCUT2D eigenvalue weighted by atomic mass is 32.2. The molecule has 2 N–H and O–H groups in total. The first kappa shape index (κ1) is 19.6. The van der Waals surface area contributed by atoms with Crippen LogP contribution in [0, 0.1) is 0 Å². The summed E-state index contributed by atoms with van der Waals surface area (Å²) in [5.41, 5.74) is 1.99. The summed E-state index contributed by atoms with van der Waals surface area (Å²) in [7, 11) is -3.87. The fraction of sp³-hybridized carbons (Fsp3) is 0.200. The van der Waals surface area contributed by atoms with Crippen molar-refractivity contribution in [2.24, 2.45) is 0 Å². The molecule has 0 fully saturated rings. The molecule has 0 saturated heterocycles. The number of sulfonamides is 1. The number of ether oxygens (including phenoxy) is 1. The van der Waals surface area contributed by atoms with Crippen LogP contribution < -0.4 is 14.8 Å². The van der Waals surface area contributed by atoms with E-state index < -0.39 is 22.2 Å². The van der Waals surface area contributed by atoms with Gasteiger partial charge in [-0.2, -0.15) is 11.3 Å². The topological polar surface area (TPSA) is 97.4 Å². The van der Waals surface area contributed by atoms with Gasteiger partial charge in [0.15, 0.2) is 6.10 Å². The Morgan fingerprint density at radius 2 is 2.14 bits per heavy atom. The number of aromatic nitrogens is 1. The van der Waals surface area contributed by atoms with Gasteiger partial charge in [-0.3, -0.25) is 9.78 Å². The minimum atomic E-state index is -3.87. The van der Waals surface area contributed by atoms with Gasteiger partial charge in [-0.1, -0.05) is 6.07 Å². The lowest BCUT2D eigenvalue weighted by molar-refractivity contribution is -0.122. The monoisotopic (exact) mass is 429 g/mol. The van der Waals surface area contributed by atoms with E-state index in [0.29, 0.717) is 23.6 Å². The Morgan fingerprint density at radius 1 is 1.28 bits per heavy atom. The third-order valence-electron chi connectivity index (χ3n) is 4.55. The molecule has 4 rings (SSSR count). The molecular weight excluding hydrogens is 410 g/mol. The Bertz CT molecular complexity index is 1120. The van der Waals surface area contributed by atoms with E-state index in [1.807, 2.05) is 22.9 Å². The molecule has 7 nitrogen and oxygen atoms in total. The lowest BCUT2D eigenvalue weighted by atomic mass is 10.1. The van der Waals surface area contributed by atoms with Crippen molar-refractivity contribution in [2.45, 2.75) is 30.4 Å². The van der Waals surface area contributed by atoms with E-state index in [2.05, 4.69) is 15.0 Å². The predicted molar refractivity (Wildman–Crippen MR) is 110 cm³/mol. The zero-order valence-electron chi connectivity index (χ0n) is 15.5. The maximum atomic E-state index is 13.1. The molecule has 0 aliphatic carbocycles. The molecule has 0 spiro atoms. The van der Waals surface area contributed by atoms with Gasteiger partial charge in [0.1, 0.15) is 5.75 Å². The largest absolute Gasteiger partial charge is 0.479 e.